The van der Waals surface area contributed by atoms with E-state index in [1.807, 2.05) is 24.3 Å². The van der Waals surface area contributed by atoms with Gasteiger partial charge in [0, 0.05) is 0 Å². The van der Waals surface area contributed by atoms with E-state index in [-0.39, 0.29) is 0 Å². The molecule has 0 aliphatic heterocycles. The van der Waals surface area contributed by atoms with Crippen molar-refractivity contribution in [2.75, 3.05) is 7.11 Å². The average Bonchev–Trinajstić information content (AvgIpc) is 2.20. The standard InChI is InChI=1S/C9H10.C2H4O2/c1-2-6-9-7-4-3-5-8-9;1-4-2-3/h2-5,7-8H,1,6H2;2H,1H3. The van der Waals surface area contributed by atoms with Gasteiger partial charge >= 0.3 is 0 Å². The van der Waals surface area contributed by atoms with Crippen LogP contribution in [0.15, 0.2) is 43.0 Å². The normalized spacial score (nSPS) is 7.77. The Bertz CT molecular complexity index is 229. The predicted octanol–water partition coefficient (Wildman–Crippen LogP) is 2.20. The van der Waals surface area contributed by atoms with Crippen LogP contribution in [0.3, 0.4) is 0 Å². The summed E-state index contributed by atoms with van der Waals surface area (Å²) in [7, 11) is 1.31. The van der Waals surface area contributed by atoms with Crippen molar-refractivity contribution in [1.29, 1.82) is 0 Å². The van der Waals surface area contributed by atoms with E-state index < -0.39 is 0 Å². The minimum atomic E-state index is 0.375. The zero-order valence-electron chi connectivity index (χ0n) is 7.77. The first-order chi connectivity index (χ1) is 6.35. The number of carbonyl (C=O) groups is 1. The first-order valence-electron chi connectivity index (χ1n) is 3.96. The second-order valence-corrected chi connectivity index (χ2v) is 2.31. The van der Waals surface area contributed by atoms with E-state index in [0.717, 1.165) is 6.42 Å². The number of benzene rings is 1. The molecule has 0 spiro atoms. The van der Waals surface area contributed by atoms with Crippen LogP contribution in [0, 0.1) is 0 Å². The van der Waals surface area contributed by atoms with E-state index in [4.69, 9.17) is 4.79 Å². The number of ether oxygens (including phenoxy) is 1. The van der Waals surface area contributed by atoms with Crippen molar-refractivity contribution in [2.24, 2.45) is 0 Å². The molecule has 0 saturated carbocycles. The molecule has 0 heterocycles. The second kappa shape index (κ2) is 8.53. The molecular formula is C11H14O2. The van der Waals surface area contributed by atoms with Gasteiger partial charge in [-0.05, 0) is 12.0 Å². The first-order valence-corrected chi connectivity index (χ1v) is 3.96. The minimum Gasteiger partial charge on any atom is -0.471 e. The highest BCUT2D eigenvalue weighted by molar-refractivity contribution is 5.36. The van der Waals surface area contributed by atoms with Gasteiger partial charge in [-0.15, -0.1) is 6.58 Å². The van der Waals surface area contributed by atoms with Gasteiger partial charge in [-0.2, -0.15) is 0 Å². The molecule has 2 nitrogen and oxygen atoms in total. The fourth-order valence-electron chi connectivity index (χ4n) is 0.781. The van der Waals surface area contributed by atoms with E-state index in [2.05, 4.69) is 23.4 Å². The summed E-state index contributed by atoms with van der Waals surface area (Å²) in [4.78, 5) is 8.95. The summed E-state index contributed by atoms with van der Waals surface area (Å²) in [6.45, 7) is 4.03. The number of rotatable bonds is 3. The fourth-order valence-corrected chi connectivity index (χ4v) is 0.781. The molecule has 13 heavy (non-hydrogen) atoms. The lowest BCUT2D eigenvalue weighted by molar-refractivity contribution is -0.126. The van der Waals surface area contributed by atoms with Gasteiger partial charge < -0.3 is 4.74 Å². The van der Waals surface area contributed by atoms with Crippen molar-refractivity contribution in [3.63, 3.8) is 0 Å². The largest absolute Gasteiger partial charge is 0.471 e. The Morgan fingerprint density at radius 3 is 2.31 bits per heavy atom. The van der Waals surface area contributed by atoms with Gasteiger partial charge in [0.25, 0.3) is 6.47 Å². The van der Waals surface area contributed by atoms with Gasteiger partial charge in [-0.3, -0.25) is 4.79 Å². The Hall–Kier alpha value is -1.57. The van der Waals surface area contributed by atoms with E-state index in [1.54, 1.807) is 0 Å². The van der Waals surface area contributed by atoms with Crippen LogP contribution in [0.4, 0.5) is 0 Å². The number of hydrogen-bond acceptors (Lipinski definition) is 2. The molecule has 2 heteroatoms. The van der Waals surface area contributed by atoms with Gasteiger partial charge in [-0.1, -0.05) is 36.4 Å². The third kappa shape index (κ3) is 6.81. The molecule has 1 aromatic rings. The van der Waals surface area contributed by atoms with Crippen LogP contribution in [0.25, 0.3) is 0 Å². The second-order valence-electron chi connectivity index (χ2n) is 2.31. The first kappa shape index (κ1) is 11.4. The van der Waals surface area contributed by atoms with E-state index in [1.165, 1.54) is 12.7 Å². The van der Waals surface area contributed by atoms with Gasteiger partial charge in [0.05, 0.1) is 7.11 Å². The molecule has 0 aliphatic carbocycles. The Kier molecular flexibility index (Phi) is 7.50. The van der Waals surface area contributed by atoms with Crippen LogP contribution in [0.1, 0.15) is 5.56 Å². The van der Waals surface area contributed by atoms with Crippen molar-refractivity contribution in [3.05, 3.63) is 48.6 Å². The molecule has 0 aliphatic rings. The molecule has 0 N–H and O–H groups in total. The van der Waals surface area contributed by atoms with Crippen LogP contribution in [0.2, 0.25) is 0 Å². The molecule has 0 aromatic heterocycles. The van der Waals surface area contributed by atoms with Crippen LogP contribution in [-0.4, -0.2) is 13.6 Å². The maximum absolute atomic E-state index is 8.95. The maximum Gasteiger partial charge on any atom is 0.292 e. The Morgan fingerprint density at radius 2 is 1.92 bits per heavy atom. The topological polar surface area (TPSA) is 26.3 Å². The molecular weight excluding hydrogens is 164 g/mol. The summed E-state index contributed by atoms with van der Waals surface area (Å²) < 4.78 is 3.86. The fraction of sp³-hybridized carbons (Fsp3) is 0.182. The smallest absolute Gasteiger partial charge is 0.292 e. The maximum atomic E-state index is 8.95. The van der Waals surface area contributed by atoms with Crippen molar-refractivity contribution in [2.45, 2.75) is 6.42 Å². The lowest BCUT2D eigenvalue weighted by Gasteiger charge is -1.91. The van der Waals surface area contributed by atoms with E-state index in [9.17, 15) is 0 Å². The predicted molar refractivity (Wildman–Crippen MR) is 53.4 cm³/mol. The number of hydrogen-bond donors (Lipinski definition) is 0. The average molecular weight is 178 g/mol. The van der Waals surface area contributed by atoms with Crippen molar-refractivity contribution >= 4 is 6.47 Å². The van der Waals surface area contributed by atoms with Crippen molar-refractivity contribution < 1.29 is 9.53 Å². The zero-order chi connectivity index (χ0) is 9.94. The number of carbonyl (C=O) groups excluding carboxylic acids is 1. The van der Waals surface area contributed by atoms with Crippen LogP contribution in [0.5, 0.6) is 0 Å². The molecule has 0 amide bonds. The van der Waals surface area contributed by atoms with Crippen LogP contribution >= 0.6 is 0 Å². The third-order valence-electron chi connectivity index (χ3n) is 1.32. The number of methoxy groups -OCH3 is 1. The van der Waals surface area contributed by atoms with Crippen molar-refractivity contribution in [1.82, 2.24) is 0 Å². The Labute approximate surface area is 78.8 Å². The lowest BCUT2D eigenvalue weighted by Crippen LogP contribution is -1.75. The van der Waals surface area contributed by atoms with Gasteiger partial charge in [-0.25, -0.2) is 0 Å². The summed E-state index contributed by atoms with van der Waals surface area (Å²) in [5.41, 5.74) is 1.33. The molecule has 0 saturated heterocycles. The summed E-state index contributed by atoms with van der Waals surface area (Å²) in [5, 5.41) is 0. The van der Waals surface area contributed by atoms with Crippen LogP contribution in [-0.2, 0) is 16.0 Å². The SMILES string of the molecule is C=CCc1ccccc1.COC=O. The third-order valence-corrected chi connectivity index (χ3v) is 1.32. The van der Waals surface area contributed by atoms with Gasteiger partial charge in [0.15, 0.2) is 0 Å². The quantitative estimate of drug-likeness (QED) is 0.524. The van der Waals surface area contributed by atoms with E-state index >= 15 is 0 Å². The summed E-state index contributed by atoms with van der Waals surface area (Å²) >= 11 is 0. The minimum absolute atomic E-state index is 0.375. The highest BCUT2D eigenvalue weighted by atomic mass is 16.5. The molecule has 0 radical (unpaired) electrons. The molecule has 1 aromatic carbocycles. The monoisotopic (exact) mass is 178 g/mol. The molecule has 0 fully saturated rings. The number of allylic oxidation sites excluding steroid dienone is 1. The highest BCUT2D eigenvalue weighted by Crippen LogP contribution is 1.98. The Morgan fingerprint density at radius 1 is 1.38 bits per heavy atom. The lowest BCUT2D eigenvalue weighted by atomic mass is 10.2. The van der Waals surface area contributed by atoms with Crippen molar-refractivity contribution in [3.8, 4) is 0 Å². The molecule has 0 bridgehead atoms. The van der Waals surface area contributed by atoms with E-state index in [0.29, 0.717) is 6.47 Å². The van der Waals surface area contributed by atoms with Crippen LogP contribution < -0.4 is 0 Å². The van der Waals surface area contributed by atoms with Gasteiger partial charge in [0.1, 0.15) is 0 Å². The zero-order valence-corrected chi connectivity index (χ0v) is 7.77. The summed E-state index contributed by atoms with van der Waals surface area (Å²) in [5.74, 6) is 0. The summed E-state index contributed by atoms with van der Waals surface area (Å²) in [6.07, 6.45) is 2.89. The molecule has 1 rings (SSSR count). The van der Waals surface area contributed by atoms with Gasteiger partial charge in [0.2, 0.25) is 0 Å². The molecule has 0 atom stereocenters. The highest BCUT2D eigenvalue weighted by Gasteiger charge is 1.82. The Balaban J connectivity index is 0.000000310. The summed E-state index contributed by atoms with van der Waals surface area (Å²) in [6, 6.07) is 10.3. The molecule has 70 valence electrons. The molecule has 0 unspecified atom stereocenters.